The molecule has 0 bridgehead atoms. The van der Waals surface area contributed by atoms with Crippen molar-refractivity contribution in [2.45, 2.75) is 34.1 Å². The van der Waals surface area contributed by atoms with Gasteiger partial charge in [-0.2, -0.15) is 0 Å². The molecule has 0 fully saturated rings. The van der Waals surface area contributed by atoms with Crippen LogP contribution in [0.1, 0.15) is 32.6 Å². The minimum atomic E-state index is -0.484. The summed E-state index contributed by atoms with van der Waals surface area (Å²) in [5, 5.41) is 1.21. The Balaban J connectivity index is 0.000000956. The lowest BCUT2D eigenvalue weighted by molar-refractivity contribution is -0.150. The van der Waals surface area contributed by atoms with Gasteiger partial charge in [-0.05, 0) is 38.5 Å². The van der Waals surface area contributed by atoms with Crippen molar-refractivity contribution in [3.05, 3.63) is 33.6 Å². The Bertz CT molecular complexity index is 587. The largest absolute Gasteiger partial charge is 0.469 e. The van der Waals surface area contributed by atoms with Gasteiger partial charge in [-0.15, -0.1) is 11.3 Å². The molecular weight excluding hydrogens is 336 g/mol. The topological polar surface area (TPSA) is 26.3 Å². The molecule has 0 saturated carbocycles. The molecule has 1 aromatic heterocycles. The first kappa shape index (κ1) is 17.2. The smallest absolute Gasteiger partial charge is 0.311 e. The van der Waals surface area contributed by atoms with Gasteiger partial charge in [0, 0.05) is 19.4 Å². The van der Waals surface area contributed by atoms with Gasteiger partial charge in [0.2, 0.25) is 0 Å². The third-order valence-corrected chi connectivity index (χ3v) is 4.71. The number of halogens is 1. The van der Waals surface area contributed by atoms with E-state index >= 15 is 0 Å². The third kappa shape index (κ3) is 3.83. The number of rotatable bonds is 3. The molecule has 1 aromatic carbocycles. The van der Waals surface area contributed by atoms with Crippen LogP contribution >= 0.6 is 27.3 Å². The molecule has 2 nitrogen and oxygen atoms in total. The zero-order valence-electron chi connectivity index (χ0n) is 12.6. The minimum Gasteiger partial charge on any atom is -0.469 e. The highest BCUT2D eigenvalue weighted by atomic mass is 79.9. The van der Waals surface area contributed by atoms with Crippen LogP contribution in [-0.2, 0) is 16.0 Å². The number of methoxy groups -OCH3 is 1. The molecule has 0 unspecified atom stereocenters. The second-order valence-electron chi connectivity index (χ2n) is 4.92. The molecule has 0 N–H and O–H groups in total. The molecule has 110 valence electrons. The number of thiophene rings is 1. The van der Waals surface area contributed by atoms with Gasteiger partial charge in [-0.25, -0.2) is 0 Å². The van der Waals surface area contributed by atoms with Crippen LogP contribution in [0.15, 0.2) is 28.7 Å². The van der Waals surface area contributed by atoms with Gasteiger partial charge >= 0.3 is 5.97 Å². The molecule has 20 heavy (non-hydrogen) atoms. The van der Waals surface area contributed by atoms with Crippen molar-refractivity contribution in [2.24, 2.45) is 5.41 Å². The highest BCUT2D eigenvalue weighted by Crippen LogP contribution is 2.34. The molecule has 0 amide bonds. The third-order valence-electron chi connectivity index (χ3n) is 2.91. The summed E-state index contributed by atoms with van der Waals surface area (Å²) in [7, 11) is 1.44. The minimum absolute atomic E-state index is 0.168. The van der Waals surface area contributed by atoms with E-state index in [0.29, 0.717) is 6.42 Å². The van der Waals surface area contributed by atoms with Gasteiger partial charge in [-0.3, -0.25) is 4.79 Å². The number of fused-ring (bicyclic) bond motifs is 1. The van der Waals surface area contributed by atoms with Gasteiger partial charge in [0.05, 0.1) is 12.5 Å². The fraction of sp³-hybridized carbons (Fsp3) is 0.438. The van der Waals surface area contributed by atoms with Crippen LogP contribution in [0.4, 0.5) is 0 Å². The van der Waals surface area contributed by atoms with E-state index in [0.717, 1.165) is 4.47 Å². The van der Waals surface area contributed by atoms with Gasteiger partial charge in [-0.1, -0.05) is 35.8 Å². The first-order chi connectivity index (χ1) is 9.44. The van der Waals surface area contributed by atoms with Crippen molar-refractivity contribution in [1.29, 1.82) is 0 Å². The maximum atomic E-state index is 11.7. The summed E-state index contributed by atoms with van der Waals surface area (Å²) in [5.41, 5.74) is -0.484. The van der Waals surface area contributed by atoms with Crippen molar-refractivity contribution < 1.29 is 9.53 Å². The van der Waals surface area contributed by atoms with Gasteiger partial charge in [0.1, 0.15) is 0 Å². The summed E-state index contributed by atoms with van der Waals surface area (Å²) in [6.07, 6.45) is 0.700. The number of hydrogen-bond acceptors (Lipinski definition) is 3. The highest BCUT2D eigenvalue weighted by Gasteiger charge is 2.29. The number of esters is 1. The van der Waals surface area contributed by atoms with E-state index in [2.05, 4.69) is 28.1 Å². The molecule has 1 heterocycles. The highest BCUT2D eigenvalue weighted by molar-refractivity contribution is 9.10. The first-order valence-electron chi connectivity index (χ1n) is 6.69. The van der Waals surface area contributed by atoms with Crippen LogP contribution in [0.25, 0.3) is 10.1 Å². The molecule has 4 heteroatoms. The Morgan fingerprint density at radius 2 is 2.00 bits per heavy atom. The van der Waals surface area contributed by atoms with Gasteiger partial charge in [0.25, 0.3) is 0 Å². The monoisotopic (exact) mass is 356 g/mol. The second kappa shape index (κ2) is 7.23. The molecule has 0 atom stereocenters. The lowest BCUT2D eigenvalue weighted by atomic mass is 9.89. The number of benzene rings is 1. The quantitative estimate of drug-likeness (QED) is 0.685. The Labute approximate surface area is 133 Å². The average Bonchev–Trinajstić information content (AvgIpc) is 2.83. The van der Waals surface area contributed by atoms with Crippen LogP contribution < -0.4 is 0 Å². The predicted octanol–water partition coefficient (Wildman–Crippen LogP) is 5.43. The maximum absolute atomic E-state index is 11.7. The molecule has 0 spiro atoms. The number of ether oxygens (including phenoxy) is 1. The standard InChI is InChI=1S/C14H15BrO2S.C2H6/c1-14(2,13(16)17-3)8-9-7-10-11(15)5-4-6-12(10)18-9;1-2/h4-7H,8H2,1-3H3;1-2H3. The molecule has 0 aliphatic rings. The van der Waals surface area contributed by atoms with Crippen LogP contribution in [0.2, 0.25) is 0 Å². The summed E-state index contributed by atoms with van der Waals surface area (Å²) in [4.78, 5) is 12.9. The normalized spacial score (nSPS) is 10.9. The molecular formula is C16H21BrO2S. The molecule has 2 aromatic rings. The van der Waals surface area contributed by atoms with E-state index in [1.165, 1.54) is 22.1 Å². The summed E-state index contributed by atoms with van der Waals surface area (Å²) < 4.78 is 7.17. The lowest BCUT2D eigenvalue weighted by Gasteiger charge is -2.20. The van der Waals surface area contributed by atoms with Gasteiger partial charge in [0.15, 0.2) is 0 Å². The Morgan fingerprint density at radius 1 is 1.35 bits per heavy atom. The van der Waals surface area contributed by atoms with Crippen LogP contribution in [-0.4, -0.2) is 13.1 Å². The number of hydrogen-bond donors (Lipinski definition) is 0. The van der Waals surface area contributed by atoms with Gasteiger partial charge < -0.3 is 4.74 Å². The lowest BCUT2D eigenvalue weighted by Crippen LogP contribution is -2.27. The summed E-state index contributed by atoms with van der Waals surface area (Å²) >= 11 is 5.28. The summed E-state index contributed by atoms with van der Waals surface area (Å²) in [6.45, 7) is 7.83. The fourth-order valence-electron chi connectivity index (χ4n) is 1.95. The summed E-state index contributed by atoms with van der Waals surface area (Å²) in [6, 6.07) is 8.30. The van der Waals surface area contributed by atoms with E-state index < -0.39 is 5.41 Å². The molecule has 0 saturated heterocycles. The van der Waals surface area contributed by atoms with Crippen LogP contribution in [0, 0.1) is 5.41 Å². The van der Waals surface area contributed by atoms with Crippen LogP contribution in [0.5, 0.6) is 0 Å². The zero-order valence-corrected chi connectivity index (χ0v) is 15.0. The van der Waals surface area contributed by atoms with E-state index in [9.17, 15) is 4.79 Å². The van der Waals surface area contributed by atoms with E-state index in [4.69, 9.17) is 4.74 Å². The van der Waals surface area contributed by atoms with Crippen molar-refractivity contribution >= 4 is 43.3 Å². The molecule has 0 aliphatic carbocycles. The Kier molecular flexibility index (Phi) is 6.21. The Morgan fingerprint density at radius 3 is 2.55 bits per heavy atom. The number of carbonyl (C=O) groups is 1. The zero-order chi connectivity index (χ0) is 15.3. The Hall–Kier alpha value is -0.870. The van der Waals surface area contributed by atoms with E-state index in [-0.39, 0.29) is 5.97 Å². The van der Waals surface area contributed by atoms with Crippen LogP contribution in [0.3, 0.4) is 0 Å². The van der Waals surface area contributed by atoms with Crippen molar-refractivity contribution in [1.82, 2.24) is 0 Å². The van der Waals surface area contributed by atoms with Crippen molar-refractivity contribution in [3.8, 4) is 0 Å². The first-order valence-corrected chi connectivity index (χ1v) is 8.30. The van der Waals surface area contributed by atoms with E-state index in [1.807, 2.05) is 39.8 Å². The van der Waals surface area contributed by atoms with Crippen molar-refractivity contribution in [2.75, 3.05) is 7.11 Å². The molecule has 0 radical (unpaired) electrons. The van der Waals surface area contributed by atoms with E-state index in [1.54, 1.807) is 11.3 Å². The second-order valence-corrected chi connectivity index (χ2v) is 6.94. The van der Waals surface area contributed by atoms with Crippen molar-refractivity contribution in [3.63, 3.8) is 0 Å². The molecule has 0 aliphatic heterocycles. The fourth-order valence-corrected chi connectivity index (χ4v) is 3.88. The number of carbonyl (C=O) groups excluding carboxylic acids is 1. The SMILES string of the molecule is CC.COC(=O)C(C)(C)Cc1cc2c(Br)cccc2s1. The molecule has 2 rings (SSSR count). The maximum Gasteiger partial charge on any atom is 0.311 e. The predicted molar refractivity (Wildman–Crippen MR) is 90.4 cm³/mol. The summed E-state index contributed by atoms with van der Waals surface area (Å²) in [5.74, 6) is -0.168. The average molecular weight is 357 g/mol.